The number of pyridine rings is 1. The van der Waals surface area contributed by atoms with Crippen molar-refractivity contribution in [3.05, 3.63) is 41.4 Å². The van der Waals surface area contributed by atoms with E-state index in [0.29, 0.717) is 28.5 Å². The summed E-state index contributed by atoms with van der Waals surface area (Å²) in [6.45, 7) is 9.78. The quantitative estimate of drug-likeness (QED) is 0.548. The summed E-state index contributed by atoms with van der Waals surface area (Å²) in [6, 6.07) is 5.07. The van der Waals surface area contributed by atoms with Gasteiger partial charge in [0.25, 0.3) is 5.91 Å². The molecule has 3 aromatic rings. The van der Waals surface area contributed by atoms with E-state index in [4.69, 9.17) is 16.0 Å². The van der Waals surface area contributed by atoms with Crippen LogP contribution in [0.2, 0.25) is 0 Å². The van der Waals surface area contributed by atoms with Gasteiger partial charge in [-0.1, -0.05) is 25.9 Å². The zero-order valence-corrected chi connectivity index (χ0v) is 18.3. The summed E-state index contributed by atoms with van der Waals surface area (Å²) in [6.07, 6.45) is 1.58. The predicted octanol–water partition coefficient (Wildman–Crippen LogP) is 2.67. The average Bonchev–Trinajstić information content (AvgIpc) is 3.26. The number of nitrogens with two attached hydrogens (primary N) is 2. The molecule has 0 aliphatic heterocycles. The largest absolute Gasteiger partial charge is 0.383 e. The van der Waals surface area contributed by atoms with Crippen LogP contribution < -0.4 is 16.8 Å². The SMILES string of the molecule is CC(C)n1nc(-c2ccc(CC(=O)Nc3cc(C(C)(C)C)on3)nc2)c(C(N)=O)c1N. The number of nitrogens with one attached hydrogen (secondary N) is 1. The van der Waals surface area contributed by atoms with E-state index >= 15 is 0 Å². The van der Waals surface area contributed by atoms with E-state index in [1.165, 1.54) is 6.20 Å². The average molecular weight is 425 g/mol. The highest BCUT2D eigenvalue weighted by Crippen LogP contribution is 2.29. The monoisotopic (exact) mass is 425 g/mol. The summed E-state index contributed by atoms with van der Waals surface area (Å²) in [5, 5.41) is 11.0. The van der Waals surface area contributed by atoms with E-state index in [2.05, 4.69) is 20.6 Å². The lowest BCUT2D eigenvalue weighted by atomic mass is 9.93. The number of aromatic nitrogens is 4. The first-order chi connectivity index (χ1) is 14.5. The Kier molecular flexibility index (Phi) is 5.83. The van der Waals surface area contributed by atoms with E-state index in [1.54, 1.807) is 22.9 Å². The minimum absolute atomic E-state index is 0.0434. The second-order valence-electron chi connectivity index (χ2n) is 8.60. The van der Waals surface area contributed by atoms with Crippen LogP contribution in [0, 0.1) is 0 Å². The maximum absolute atomic E-state index is 12.3. The van der Waals surface area contributed by atoms with Crippen LogP contribution in [-0.2, 0) is 16.6 Å². The highest BCUT2D eigenvalue weighted by Gasteiger charge is 2.23. The van der Waals surface area contributed by atoms with Crippen molar-refractivity contribution in [2.24, 2.45) is 5.73 Å². The molecule has 0 fully saturated rings. The van der Waals surface area contributed by atoms with Crippen LogP contribution in [0.1, 0.15) is 62.5 Å². The fourth-order valence-corrected chi connectivity index (χ4v) is 2.99. The first kappa shape index (κ1) is 22.0. The van der Waals surface area contributed by atoms with E-state index < -0.39 is 5.91 Å². The number of anilines is 2. The van der Waals surface area contributed by atoms with Gasteiger partial charge in [0.05, 0.1) is 6.42 Å². The van der Waals surface area contributed by atoms with Gasteiger partial charge in [-0.15, -0.1) is 0 Å². The van der Waals surface area contributed by atoms with Crippen LogP contribution in [0.5, 0.6) is 0 Å². The lowest BCUT2D eigenvalue weighted by Gasteiger charge is -2.12. The molecule has 3 rings (SSSR count). The fraction of sp³-hybridized carbons (Fsp3) is 0.381. The molecule has 0 saturated heterocycles. The van der Waals surface area contributed by atoms with Crippen molar-refractivity contribution in [3.8, 4) is 11.3 Å². The number of nitrogen functional groups attached to an aromatic ring is 1. The first-order valence-electron chi connectivity index (χ1n) is 9.87. The second-order valence-corrected chi connectivity index (χ2v) is 8.60. The topological polar surface area (TPSA) is 155 Å². The molecule has 0 bridgehead atoms. The van der Waals surface area contributed by atoms with Gasteiger partial charge in [0.2, 0.25) is 5.91 Å². The van der Waals surface area contributed by atoms with Gasteiger partial charge in [0.15, 0.2) is 5.82 Å². The molecule has 0 radical (unpaired) electrons. The number of hydrogen-bond acceptors (Lipinski definition) is 7. The summed E-state index contributed by atoms with van der Waals surface area (Å²) in [5.74, 6) is 0.302. The first-order valence-corrected chi connectivity index (χ1v) is 9.87. The van der Waals surface area contributed by atoms with Gasteiger partial charge < -0.3 is 21.3 Å². The number of amides is 2. The van der Waals surface area contributed by atoms with E-state index in [9.17, 15) is 9.59 Å². The normalized spacial score (nSPS) is 11.7. The molecule has 2 amide bonds. The molecule has 164 valence electrons. The summed E-state index contributed by atoms with van der Waals surface area (Å²) < 4.78 is 6.81. The Morgan fingerprint density at radius 3 is 2.48 bits per heavy atom. The standard InChI is InChI=1S/C21H27N7O3/c1-11(2)28-19(22)17(20(23)30)18(26-28)12-6-7-13(24-10-12)8-16(29)25-15-9-14(31-27-15)21(3,4)5/h6-7,9-11H,8,22H2,1-5H3,(H2,23,30)(H,25,27,29). The fourth-order valence-electron chi connectivity index (χ4n) is 2.99. The van der Waals surface area contributed by atoms with Crippen molar-refractivity contribution >= 4 is 23.5 Å². The highest BCUT2D eigenvalue weighted by atomic mass is 16.5. The van der Waals surface area contributed by atoms with E-state index in [1.807, 2.05) is 34.6 Å². The maximum Gasteiger partial charge on any atom is 0.254 e. The van der Waals surface area contributed by atoms with Crippen LogP contribution >= 0.6 is 0 Å². The highest BCUT2D eigenvalue weighted by molar-refractivity contribution is 6.03. The van der Waals surface area contributed by atoms with Gasteiger partial charge in [-0.2, -0.15) is 5.10 Å². The molecule has 0 atom stereocenters. The van der Waals surface area contributed by atoms with Gasteiger partial charge in [0.1, 0.15) is 22.8 Å². The number of carbonyl (C=O) groups excluding carboxylic acids is 2. The summed E-state index contributed by atoms with van der Waals surface area (Å²) in [5.41, 5.74) is 13.0. The number of hydrogen-bond donors (Lipinski definition) is 3. The van der Waals surface area contributed by atoms with Crippen LogP contribution in [0.4, 0.5) is 11.6 Å². The van der Waals surface area contributed by atoms with Crippen molar-refractivity contribution in [1.82, 2.24) is 19.9 Å². The molecule has 0 aliphatic rings. The zero-order chi connectivity index (χ0) is 22.9. The Morgan fingerprint density at radius 1 is 1.26 bits per heavy atom. The van der Waals surface area contributed by atoms with Gasteiger partial charge in [-0.25, -0.2) is 4.68 Å². The summed E-state index contributed by atoms with van der Waals surface area (Å²) in [4.78, 5) is 28.6. The molecular formula is C21H27N7O3. The Labute approximate surface area is 180 Å². The molecule has 0 spiro atoms. The van der Waals surface area contributed by atoms with E-state index in [-0.39, 0.29) is 35.2 Å². The third kappa shape index (κ3) is 4.73. The van der Waals surface area contributed by atoms with Crippen LogP contribution in [0.25, 0.3) is 11.3 Å². The van der Waals surface area contributed by atoms with Crippen molar-refractivity contribution in [2.45, 2.75) is 52.5 Å². The predicted molar refractivity (Wildman–Crippen MR) is 116 cm³/mol. The molecule has 3 aromatic heterocycles. The third-order valence-electron chi connectivity index (χ3n) is 4.64. The molecule has 0 aromatic carbocycles. The van der Waals surface area contributed by atoms with Crippen LogP contribution in [0.3, 0.4) is 0 Å². The van der Waals surface area contributed by atoms with E-state index in [0.717, 1.165) is 0 Å². The Morgan fingerprint density at radius 2 is 1.97 bits per heavy atom. The van der Waals surface area contributed by atoms with Gasteiger partial charge in [-0.3, -0.25) is 14.6 Å². The Hall–Kier alpha value is -3.69. The Balaban J connectivity index is 1.75. The molecule has 10 heteroatoms. The minimum Gasteiger partial charge on any atom is -0.383 e. The number of primary amides is 1. The minimum atomic E-state index is -0.662. The lowest BCUT2D eigenvalue weighted by Crippen LogP contribution is -2.16. The van der Waals surface area contributed by atoms with Crippen molar-refractivity contribution in [3.63, 3.8) is 0 Å². The van der Waals surface area contributed by atoms with Gasteiger partial charge >= 0.3 is 0 Å². The smallest absolute Gasteiger partial charge is 0.254 e. The molecule has 0 unspecified atom stereocenters. The van der Waals surface area contributed by atoms with Crippen molar-refractivity contribution in [1.29, 1.82) is 0 Å². The molecule has 5 N–H and O–H groups in total. The van der Waals surface area contributed by atoms with Gasteiger partial charge in [0, 0.05) is 35.0 Å². The molecule has 0 aliphatic carbocycles. The molecule has 31 heavy (non-hydrogen) atoms. The molecule has 0 saturated carbocycles. The second kappa shape index (κ2) is 8.21. The zero-order valence-electron chi connectivity index (χ0n) is 18.3. The molecule has 10 nitrogen and oxygen atoms in total. The lowest BCUT2D eigenvalue weighted by molar-refractivity contribution is -0.115. The third-order valence-corrected chi connectivity index (χ3v) is 4.64. The number of nitrogens with zero attached hydrogens (tertiary/aromatic N) is 4. The van der Waals surface area contributed by atoms with Crippen molar-refractivity contribution < 1.29 is 14.1 Å². The molecular weight excluding hydrogens is 398 g/mol. The van der Waals surface area contributed by atoms with Gasteiger partial charge in [-0.05, 0) is 26.0 Å². The summed E-state index contributed by atoms with van der Waals surface area (Å²) in [7, 11) is 0. The number of carbonyl (C=O) groups is 2. The number of rotatable bonds is 6. The maximum atomic E-state index is 12.3. The van der Waals surface area contributed by atoms with Crippen molar-refractivity contribution in [2.75, 3.05) is 11.1 Å². The van der Waals surface area contributed by atoms with Crippen LogP contribution in [-0.4, -0.2) is 31.7 Å². The molecule has 3 heterocycles. The summed E-state index contributed by atoms with van der Waals surface area (Å²) >= 11 is 0. The Bertz CT molecular complexity index is 1110. The van der Waals surface area contributed by atoms with Crippen LogP contribution in [0.15, 0.2) is 28.9 Å².